The number of hydrogen-bond acceptors (Lipinski definition) is 4. The summed E-state index contributed by atoms with van der Waals surface area (Å²) in [5, 5.41) is 13.4. The maximum atomic E-state index is 12.1. The molecule has 0 aromatic heterocycles. The van der Waals surface area contributed by atoms with Crippen molar-refractivity contribution in [1.82, 2.24) is 5.32 Å². The van der Waals surface area contributed by atoms with Crippen molar-refractivity contribution in [3.05, 3.63) is 70.3 Å². The van der Waals surface area contributed by atoms with Gasteiger partial charge in [-0.3, -0.25) is 19.1 Å². The molecule has 120 valence electrons. The molecule has 2 rings (SSSR count). The van der Waals surface area contributed by atoms with E-state index in [4.69, 9.17) is 0 Å². The molecular weight excluding hydrogens is 316 g/mol. The Kier molecular flexibility index (Phi) is 5.59. The second-order valence-electron chi connectivity index (χ2n) is 4.94. The van der Waals surface area contributed by atoms with Gasteiger partial charge in [0.25, 0.3) is 5.69 Å². The van der Waals surface area contributed by atoms with E-state index in [1.54, 1.807) is 0 Å². The molecule has 2 atom stereocenters. The average molecular weight is 332 g/mol. The first-order chi connectivity index (χ1) is 11.0. The van der Waals surface area contributed by atoms with Crippen LogP contribution in [0.3, 0.4) is 0 Å². The molecule has 1 N–H and O–H groups in total. The number of benzene rings is 2. The van der Waals surface area contributed by atoms with Gasteiger partial charge in [0, 0.05) is 17.0 Å². The molecule has 7 heteroatoms. The summed E-state index contributed by atoms with van der Waals surface area (Å²) in [4.78, 5) is 22.4. The molecule has 2 aromatic carbocycles. The number of rotatable bonds is 6. The van der Waals surface area contributed by atoms with Crippen LogP contribution in [0.25, 0.3) is 0 Å². The third kappa shape index (κ3) is 4.72. The fourth-order valence-electron chi connectivity index (χ4n) is 2.03. The monoisotopic (exact) mass is 332 g/mol. The van der Waals surface area contributed by atoms with Gasteiger partial charge in [0.05, 0.1) is 21.8 Å². The predicted molar refractivity (Wildman–Crippen MR) is 87.4 cm³/mol. The molecule has 0 aliphatic rings. The third-order valence-corrected chi connectivity index (χ3v) is 4.57. The van der Waals surface area contributed by atoms with Crippen LogP contribution < -0.4 is 5.32 Å². The molecule has 0 bridgehead atoms. The Morgan fingerprint density at radius 2 is 1.78 bits per heavy atom. The van der Waals surface area contributed by atoms with E-state index in [1.165, 1.54) is 24.3 Å². The van der Waals surface area contributed by atoms with Gasteiger partial charge in [-0.05, 0) is 24.6 Å². The van der Waals surface area contributed by atoms with Crippen molar-refractivity contribution in [2.75, 3.05) is 5.75 Å². The quantitative estimate of drug-likeness (QED) is 0.650. The van der Waals surface area contributed by atoms with E-state index >= 15 is 0 Å². The van der Waals surface area contributed by atoms with Gasteiger partial charge in [-0.2, -0.15) is 0 Å². The Morgan fingerprint density at radius 3 is 2.35 bits per heavy atom. The number of carbonyl (C=O) groups excluding carboxylic acids is 1. The number of amides is 1. The topological polar surface area (TPSA) is 89.3 Å². The van der Waals surface area contributed by atoms with Crippen molar-refractivity contribution in [3.8, 4) is 0 Å². The summed E-state index contributed by atoms with van der Waals surface area (Å²) >= 11 is 0. The second-order valence-corrected chi connectivity index (χ2v) is 6.39. The molecule has 2 aromatic rings. The van der Waals surface area contributed by atoms with Gasteiger partial charge < -0.3 is 5.32 Å². The molecule has 0 aliphatic heterocycles. The standard InChI is InChI=1S/C16H16N2O4S/c1-12(13-5-3-2-4-6-13)17-16(19)11-23(22)15-9-7-14(8-10-15)18(20)21/h2-10,12H,11H2,1H3,(H,17,19)/t12-,23+/m0/s1. The Bertz CT molecular complexity index is 717. The summed E-state index contributed by atoms with van der Waals surface area (Å²) in [7, 11) is -1.54. The molecule has 0 fully saturated rings. The van der Waals surface area contributed by atoms with Crippen molar-refractivity contribution in [2.45, 2.75) is 17.9 Å². The van der Waals surface area contributed by atoms with Crippen molar-refractivity contribution in [2.24, 2.45) is 0 Å². The zero-order valence-corrected chi connectivity index (χ0v) is 13.3. The Morgan fingerprint density at radius 1 is 1.17 bits per heavy atom. The Hall–Kier alpha value is -2.54. The van der Waals surface area contributed by atoms with Crippen LogP contribution in [0.2, 0.25) is 0 Å². The molecule has 0 radical (unpaired) electrons. The normalized spacial score (nSPS) is 13.1. The number of nitro benzene ring substituents is 1. The number of hydrogen-bond donors (Lipinski definition) is 1. The molecule has 0 heterocycles. The van der Waals surface area contributed by atoms with Crippen molar-refractivity contribution in [3.63, 3.8) is 0 Å². The van der Waals surface area contributed by atoms with Crippen molar-refractivity contribution in [1.29, 1.82) is 0 Å². The lowest BCUT2D eigenvalue weighted by atomic mass is 10.1. The number of nitro groups is 1. The van der Waals surface area contributed by atoms with E-state index < -0.39 is 15.7 Å². The third-order valence-electron chi connectivity index (χ3n) is 3.25. The maximum Gasteiger partial charge on any atom is 0.269 e. The number of non-ortho nitro benzene ring substituents is 1. The lowest BCUT2D eigenvalue weighted by molar-refractivity contribution is -0.384. The highest BCUT2D eigenvalue weighted by Gasteiger charge is 2.14. The highest BCUT2D eigenvalue weighted by atomic mass is 32.2. The van der Waals surface area contributed by atoms with Gasteiger partial charge in [-0.1, -0.05) is 30.3 Å². The molecular formula is C16H16N2O4S. The smallest absolute Gasteiger partial charge is 0.269 e. The molecule has 0 saturated carbocycles. The number of nitrogens with zero attached hydrogens (tertiary/aromatic N) is 1. The second kappa shape index (κ2) is 7.64. The summed E-state index contributed by atoms with van der Waals surface area (Å²) in [6.07, 6.45) is 0. The minimum Gasteiger partial charge on any atom is -0.349 e. The van der Waals surface area contributed by atoms with Crippen molar-refractivity contribution < 1.29 is 13.9 Å². The van der Waals surface area contributed by atoms with Gasteiger partial charge in [0.2, 0.25) is 5.91 Å². The van der Waals surface area contributed by atoms with Crippen LogP contribution in [-0.4, -0.2) is 20.8 Å². The van der Waals surface area contributed by atoms with Gasteiger partial charge >= 0.3 is 0 Å². The highest BCUT2D eigenvalue weighted by molar-refractivity contribution is 7.85. The van der Waals surface area contributed by atoms with Crippen LogP contribution >= 0.6 is 0 Å². The fourth-order valence-corrected chi connectivity index (χ4v) is 2.96. The lowest BCUT2D eigenvalue weighted by Crippen LogP contribution is -2.30. The average Bonchev–Trinajstić information content (AvgIpc) is 2.55. The van der Waals surface area contributed by atoms with E-state index in [1.807, 2.05) is 37.3 Å². The SMILES string of the molecule is C[C@H](NC(=O)C[S@@](=O)c1ccc([N+](=O)[O-])cc1)c1ccccc1. The molecule has 1 amide bonds. The van der Waals surface area contributed by atoms with E-state index in [9.17, 15) is 19.1 Å². The Balaban J connectivity index is 1.94. The van der Waals surface area contributed by atoms with E-state index in [-0.39, 0.29) is 23.4 Å². The van der Waals surface area contributed by atoms with Gasteiger partial charge in [-0.25, -0.2) is 0 Å². The van der Waals surface area contributed by atoms with Crippen LogP contribution in [0.15, 0.2) is 59.5 Å². The lowest BCUT2D eigenvalue weighted by Gasteiger charge is -2.14. The number of nitrogens with one attached hydrogen (secondary N) is 1. The molecule has 23 heavy (non-hydrogen) atoms. The predicted octanol–water partition coefficient (Wildman–Crippen LogP) is 2.58. The van der Waals surface area contributed by atoms with E-state index in [0.29, 0.717) is 4.90 Å². The first kappa shape index (κ1) is 16.8. The molecule has 0 aliphatic carbocycles. The van der Waals surface area contributed by atoms with Gasteiger partial charge in [0.1, 0.15) is 5.75 Å². The molecule has 0 saturated heterocycles. The summed E-state index contributed by atoms with van der Waals surface area (Å²) in [6.45, 7) is 1.85. The zero-order valence-electron chi connectivity index (χ0n) is 12.5. The van der Waals surface area contributed by atoms with Crippen LogP contribution in [0.5, 0.6) is 0 Å². The summed E-state index contributed by atoms with van der Waals surface area (Å²) in [5.74, 6) is -0.521. The van der Waals surface area contributed by atoms with Crippen LogP contribution in [-0.2, 0) is 15.6 Å². The minimum atomic E-state index is -1.54. The summed E-state index contributed by atoms with van der Waals surface area (Å²) < 4.78 is 12.1. The summed E-state index contributed by atoms with van der Waals surface area (Å²) in [6, 6.07) is 14.6. The summed E-state index contributed by atoms with van der Waals surface area (Å²) in [5.41, 5.74) is 0.884. The zero-order chi connectivity index (χ0) is 16.8. The molecule has 0 unspecified atom stereocenters. The van der Waals surface area contributed by atoms with E-state index in [2.05, 4.69) is 5.32 Å². The molecule has 0 spiro atoms. The highest BCUT2D eigenvalue weighted by Crippen LogP contribution is 2.15. The fraction of sp³-hybridized carbons (Fsp3) is 0.188. The van der Waals surface area contributed by atoms with Crippen molar-refractivity contribution >= 4 is 22.4 Å². The van der Waals surface area contributed by atoms with Gasteiger partial charge in [-0.15, -0.1) is 0 Å². The minimum absolute atomic E-state index is 0.0760. The van der Waals surface area contributed by atoms with Crippen LogP contribution in [0, 0.1) is 10.1 Å². The largest absolute Gasteiger partial charge is 0.349 e. The first-order valence-corrected chi connectivity index (χ1v) is 8.26. The number of carbonyl (C=O) groups is 1. The van der Waals surface area contributed by atoms with Crippen LogP contribution in [0.4, 0.5) is 5.69 Å². The van der Waals surface area contributed by atoms with E-state index in [0.717, 1.165) is 5.56 Å². The Labute approximate surface area is 136 Å². The molecule has 6 nitrogen and oxygen atoms in total. The maximum absolute atomic E-state index is 12.1. The van der Waals surface area contributed by atoms with Gasteiger partial charge in [0.15, 0.2) is 0 Å². The first-order valence-electron chi connectivity index (χ1n) is 6.94. The van der Waals surface area contributed by atoms with Crippen LogP contribution in [0.1, 0.15) is 18.5 Å².